The maximum atomic E-state index is 13.1. The van der Waals surface area contributed by atoms with Crippen molar-refractivity contribution in [1.29, 1.82) is 0 Å². The molecule has 0 spiro atoms. The van der Waals surface area contributed by atoms with Crippen molar-refractivity contribution in [3.63, 3.8) is 0 Å². The summed E-state index contributed by atoms with van der Waals surface area (Å²) in [5, 5.41) is 6.36. The quantitative estimate of drug-likeness (QED) is 0.823. The maximum Gasteiger partial charge on any atom is 0.257 e. The van der Waals surface area contributed by atoms with Gasteiger partial charge in [0.25, 0.3) is 5.91 Å². The molecule has 0 N–H and O–H groups in total. The Morgan fingerprint density at radius 1 is 1.19 bits per heavy atom. The lowest BCUT2D eigenvalue weighted by Gasteiger charge is -2.31. The van der Waals surface area contributed by atoms with Crippen LogP contribution in [0.1, 0.15) is 49.1 Å². The van der Waals surface area contributed by atoms with E-state index in [4.69, 9.17) is 9.52 Å². The molecule has 1 amide bonds. The van der Waals surface area contributed by atoms with E-state index in [0.29, 0.717) is 13.0 Å². The van der Waals surface area contributed by atoms with Crippen LogP contribution in [0, 0.1) is 12.8 Å². The molecule has 2 aromatic rings. The van der Waals surface area contributed by atoms with Crippen LogP contribution < -0.4 is 0 Å². The lowest BCUT2D eigenvalue weighted by atomic mass is 9.99. The van der Waals surface area contributed by atoms with E-state index in [1.807, 2.05) is 12.1 Å². The van der Waals surface area contributed by atoms with Gasteiger partial charge in [-0.15, -0.1) is 0 Å². The summed E-state index contributed by atoms with van der Waals surface area (Å²) in [4.78, 5) is 15.3. The van der Waals surface area contributed by atoms with Crippen LogP contribution in [0.4, 0.5) is 0 Å². The molecule has 1 aromatic carbocycles. The highest BCUT2D eigenvalue weighted by atomic mass is 16.3. The summed E-state index contributed by atoms with van der Waals surface area (Å²) >= 11 is 0. The third kappa shape index (κ3) is 3.98. The van der Waals surface area contributed by atoms with Gasteiger partial charge in [0.05, 0.1) is 18.5 Å². The summed E-state index contributed by atoms with van der Waals surface area (Å²) < 4.78 is 5.62. The van der Waals surface area contributed by atoms with E-state index in [-0.39, 0.29) is 11.9 Å². The van der Waals surface area contributed by atoms with E-state index in [0.717, 1.165) is 48.9 Å². The van der Waals surface area contributed by atoms with Crippen LogP contribution in [0.25, 0.3) is 0 Å². The van der Waals surface area contributed by atoms with E-state index in [1.54, 1.807) is 11.3 Å². The number of carbonyl (C=O) groups is 1. The van der Waals surface area contributed by atoms with E-state index in [2.05, 4.69) is 43.0 Å². The molecule has 0 bridgehead atoms. The Labute approximate surface area is 160 Å². The first-order valence-corrected chi connectivity index (χ1v) is 9.82. The van der Waals surface area contributed by atoms with E-state index in [9.17, 15) is 4.79 Å². The Morgan fingerprint density at radius 3 is 2.59 bits per heavy atom. The van der Waals surface area contributed by atoms with Gasteiger partial charge in [0.15, 0.2) is 0 Å². The number of amides is 1. The number of nitrogens with zero attached hydrogens (tertiary/aromatic N) is 3. The highest BCUT2D eigenvalue weighted by Gasteiger charge is 2.35. The molecule has 1 aromatic heterocycles. The fraction of sp³-hybridized carbons (Fsp3) is 0.455. The van der Waals surface area contributed by atoms with E-state index in [1.165, 1.54) is 5.56 Å². The highest BCUT2D eigenvalue weighted by molar-refractivity contribution is 6.03. The van der Waals surface area contributed by atoms with Gasteiger partial charge in [0.2, 0.25) is 0 Å². The number of furan rings is 1. The highest BCUT2D eigenvalue weighted by Crippen LogP contribution is 2.33. The second kappa shape index (κ2) is 7.69. The lowest BCUT2D eigenvalue weighted by Crippen LogP contribution is -2.41. The second-order valence-corrected chi connectivity index (χ2v) is 7.85. The monoisotopic (exact) mass is 365 g/mol. The number of hydrogen-bond acceptors (Lipinski definition) is 4. The normalized spacial score (nSPS) is 21.5. The van der Waals surface area contributed by atoms with Gasteiger partial charge < -0.3 is 4.42 Å². The first-order chi connectivity index (χ1) is 13.1. The number of hydrazone groups is 1. The SMILES string of the molecule is Cc1ccc(C2=NN(C(=O)CN3CCC(C)CC3)[C@H](c3ccco3)C2)cc1. The predicted octanol–water partition coefficient (Wildman–Crippen LogP) is 4.00. The molecule has 0 radical (unpaired) electrons. The minimum Gasteiger partial charge on any atom is -0.467 e. The minimum absolute atomic E-state index is 0.0491. The van der Waals surface area contributed by atoms with E-state index < -0.39 is 0 Å². The van der Waals surface area contributed by atoms with Crippen LogP contribution in [0.5, 0.6) is 0 Å². The van der Waals surface area contributed by atoms with Crippen molar-refractivity contribution in [2.45, 2.75) is 39.2 Å². The van der Waals surface area contributed by atoms with Gasteiger partial charge in [0.1, 0.15) is 11.8 Å². The molecule has 142 valence electrons. The Kier molecular flexibility index (Phi) is 5.12. The summed E-state index contributed by atoms with van der Waals surface area (Å²) in [5.41, 5.74) is 3.23. The molecule has 2 aliphatic rings. The van der Waals surface area contributed by atoms with Crippen molar-refractivity contribution in [3.8, 4) is 0 Å². The molecule has 1 fully saturated rings. The summed E-state index contributed by atoms with van der Waals surface area (Å²) in [5.74, 6) is 1.60. The van der Waals surface area contributed by atoms with Gasteiger partial charge in [-0.25, -0.2) is 5.01 Å². The summed E-state index contributed by atoms with van der Waals surface area (Å²) in [6.45, 7) is 6.75. The van der Waals surface area contributed by atoms with Gasteiger partial charge >= 0.3 is 0 Å². The average molecular weight is 365 g/mol. The zero-order valence-corrected chi connectivity index (χ0v) is 16.1. The topological polar surface area (TPSA) is 49.1 Å². The molecule has 0 saturated carbocycles. The van der Waals surface area contributed by atoms with Crippen LogP contribution in [-0.4, -0.2) is 41.2 Å². The number of rotatable bonds is 4. The van der Waals surface area contributed by atoms with Gasteiger partial charge in [-0.3, -0.25) is 9.69 Å². The standard InChI is InChI=1S/C22H27N3O2/c1-16-5-7-18(8-6-16)19-14-20(21-4-3-13-27-21)25(23-19)22(26)15-24-11-9-17(2)10-12-24/h3-8,13,17,20H,9-12,14-15H2,1-2H3/t20-/m0/s1. The number of hydrogen-bond donors (Lipinski definition) is 0. The molecule has 27 heavy (non-hydrogen) atoms. The van der Waals surface area contributed by atoms with Crippen LogP contribution in [0.2, 0.25) is 0 Å². The van der Waals surface area contributed by atoms with E-state index >= 15 is 0 Å². The predicted molar refractivity (Wildman–Crippen MR) is 105 cm³/mol. The van der Waals surface area contributed by atoms with Crippen molar-refractivity contribution in [2.24, 2.45) is 11.0 Å². The molecule has 4 rings (SSSR count). The van der Waals surface area contributed by atoms with Crippen LogP contribution >= 0.6 is 0 Å². The molecule has 1 atom stereocenters. The Bertz CT molecular complexity index is 803. The van der Waals surface area contributed by atoms with Gasteiger partial charge in [-0.1, -0.05) is 36.8 Å². The zero-order chi connectivity index (χ0) is 18.8. The van der Waals surface area contributed by atoms with Gasteiger partial charge in [-0.2, -0.15) is 5.10 Å². The lowest BCUT2D eigenvalue weighted by molar-refractivity contribution is -0.134. The fourth-order valence-corrected chi connectivity index (χ4v) is 3.85. The molecule has 5 heteroatoms. The third-order valence-corrected chi connectivity index (χ3v) is 5.66. The summed E-state index contributed by atoms with van der Waals surface area (Å²) in [6, 6.07) is 12.0. The first kappa shape index (κ1) is 18.0. The van der Waals surface area contributed by atoms with Crippen molar-refractivity contribution < 1.29 is 9.21 Å². The molecule has 3 heterocycles. The van der Waals surface area contributed by atoms with Crippen molar-refractivity contribution >= 4 is 11.6 Å². The molecular formula is C22H27N3O2. The second-order valence-electron chi connectivity index (χ2n) is 7.85. The Morgan fingerprint density at radius 2 is 1.93 bits per heavy atom. The maximum absolute atomic E-state index is 13.1. The molecule has 1 saturated heterocycles. The Hall–Kier alpha value is -2.40. The number of likely N-dealkylation sites (tertiary alicyclic amines) is 1. The largest absolute Gasteiger partial charge is 0.467 e. The molecule has 0 unspecified atom stereocenters. The van der Waals surface area contributed by atoms with Crippen molar-refractivity contribution in [2.75, 3.05) is 19.6 Å². The number of piperidine rings is 1. The van der Waals surface area contributed by atoms with Crippen LogP contribution in [0.3, 0.4) is 0 Å². The molecule has 0 aliphatic carbocycles. The number of carbonyl (C=O) groups excluding carboxylic acids is 1. The van der Waals surface area contributed by atoms with Crippen LogP contribution in [-0.2, 0) is 4.79 Å². The molecule has 5 nitrogen and oxygen atoms in total. The molecular weight excluding hydrogens is 338 g/mol. The summed E-state index contributed by atoms with van der Waals surface area (Å²) in [6.07, 6.45) is 4.66. The number of benzene rings is 1. The van der Waals surface area contributed by atoms with Gasteiger partial charge in [-0.05, 0) is 56.5 Å². The third-order valence-electron chi connectivity index (χ3n) is 5.66. The first-order valence-electron chi connectivity index (χ1n) is 9.82. The Balaban J connectivity index is 1.54. The van der Waals surface area contributed by atoms with Crippen molar-refractivity contribution in [3.05, 3.63) is 59.5 Å². The molecule has 2 aliphatic heterocycles. The smallest absolute Gasteiger partial charge is 0.257 e. The minimum atomic E-state index is -0.160. The summed E-state index contributed by atoms with van der Waals surface area (Å²) in [7, 11) is 0. The fourth-order valence-electron chi connectivity index (χ4n) is 3.85. The zero-order valence-electron chi connectivity index (χ0n) is 16.1. The average Bonchev–Trinajstić information content (AvgIpc) is 3.33. The van der Waals surface area contributed by atoms with Crippen LogP contribution in [0.15, 0.2) is 52.2 Å². The number of aryl methyl sites for hydroxylation is 1. The van der Waals surface area contributed by atoms with Gasteiger partial charge in [0, 0.05) is 6.42 Å². The van der Waals surface area contributed by atoms with Crippen molar-refractivity contribution in [1.82, 2.24) is 9.91 Å².